The second kappa shape index (κ2) is 6.67. The Balaban J connectivity index is 2.73. The maximum atomic E-state index is 11.6. The first-order chi connectivity index (χ1) is 8.11. The van der Waals surface area contributed by atoms with Gasteiger partial charge in [-0.05, 0) is 29.9 Å². The maximum Gasteiger partial charge on any atom is 0.242 e. The van der Waals surface area contributed by atoms with E-state index >= 15 is 0 Å². The number of carbonyl (C=O) groups excluding carboxylic acids is 1. The lowest BCUT2D eigenvalue weighted by atomic mass is 9.88. The Labute approximate surface area is 107 Å². The summed E-state index contributed by atoms with van der Waals surface area (Å²) < 4.78 is 0. The van der Waals surface area contributed by atoms with Gasteiger partial charge in [-0.1, -0.05) is 37.3 Å². The first-order valence-corrected chi connectivity index (χ1v) is 6.98. The van der Waals surface area contributed by atoms with E-state index in [1.807, 2.05) is 30.3 Å². The molecular weight excluding hydrogens is 232 g/mol. The molecule has 0 fully saturated rings. The van der Waals surface area contributed by atoms with Crippen molar-refractivity contribution in [3.63, 3.8) is 0 Å². The van der Waals surface area contributed by atoms with Gasteiger partial charge in [0.05, 0.1) is 0 Å². The Kier molecular flexibility index (Phi) is 5.51. The molecule has 4 heteroatoms. The summed E-state index contributed by atoms with van der Waals surface area (Å²) in [5.41, 5.74) is 11.4. The largest absolute Gasteiger partial charge is 0.368 e. The molecule has 1 aromatic rings. The van der Waals surface area contributed by atoms with E-state index in [4.69, 9.17) is 11.5 Å². The second-order valence-electron chi connectivity index (χ2n) is 4.06. The lowest BCUT2D eigenvalue weighted by Gasteiger charge is -2.26. The van der Waals surface area contributed by atoms with Gasteiger partial charge >= 0.3 is 0 Å². The highest BCUT2D eigenvalue weighted by Crippen LogP contribution is 2.24. The minimum Gasteiger partial charge on any atom is -0.368 e. The van der Waals surface area contributed by atoms with Crippen LogP contribution in [0.4, 0.5) is 0 Å². The topological polar surface area (TPSA) is 69.1 Å². The van der Waals surface area contributed by atoms with E-state index in [-0.39, 0.29) is 0 Å². The Hall–Kier alpha value is -1.00. The van der Waals surface area contributed by atoms with E-state index in [1.165, 1.54) is 0 Å². The van der Waals surface area contributed by atoms with Crippen LogP contribution in [0.5, 0.6) is 0 Å². The molecule has 0 aliphatic heterocycles. The normalized spacial score (nSPS) is 14.2. The lowest BCUT2D eigenvalue weighted by Crippen LogP contribution is -2.49. The molecule has 0 aliphatic carbocycles. The number of nitrogens with two attached hydrogens (primary N) is 2. The molecule has 1 aromatic carbocycles. The fraction of sp³-hybridized carbons (Fsp3) is 0.462. The summed E-state index contributed by atoms with van der Waals surface area (Å²) in [5.74, 6) is 1.48. The van der Waals surface area contributed by atoms with Crippen LogP contribution in [0, 0.1) is 0 Å². The molecule has 0 radical (unpaired) electrons. The molecule has 0 heterocycles. The van der Waals surface area contributed by atoms with Crippen LogP contribution < -0.4 is 11.5 Å². The van der Waals surface area contributed by atoms with Crippen LogP contribution in [-0.4, -0.2) is 17.4 Å². The molecule has 0 spiro atoms. The molecule has 0 aliphatic rings. The molecule has 94 valence electrons. The van der Waals surface area contributed by atoms with Gasteiger partial charge in [0.25, 0.3) is 0 Å². The van der Waals surface area contributed by atoms with Gasteiger partial charge in [0, 0.05) is 0 Å². The first kappa shape index (κ1) is 14.1. The highest BCUT2D eigenvalue weighted by atomic mass is 32.2. The molecule has 17 heavy (non-hydrogen) atoms. The van der Waals surface area contributed by atoms with Crippen LogP contribution in [0.25, 0.3) is 0 Å². The zero-order valence-electron chi connectivity index (χ0n) is 10.2. The van der Waals surface area contributed by atoms with Crippen LogP contribution in [0.2, 0.25) is 0 Å². The summed E-state index contributed by atoms with van der Waals surface area (Å²) in [4.78, 5) is 11.6. The van der Waals surface area contributed by atoms with E-state index in [2.05, 4.69) is 6.92 Å². The average molecular weight is 252 g/mol. The fourth-order valence-corrected chi connectivity index (χ4v) is 2.58. The lowest BCUT2D eigenvalue weighted by molar-refractivity contribution is -0.123. The second-order valence-corrected chi connectivity index (χ2v) is 5.29. The number of benzene rings is 1. The average Bonchev–Trinajstić information content (AvgIpc) is 2.35. The highest BCUT2D eigenvalue weighted by Gasteiger charge is 2.33. The number of carbonyl (C=O) groups is 1. The molecule has 1 rings (SSSR count). The number of rotatable bonds is 7. The molecule has 1 atom stereocenters. The fourth-order valence-electron chi connectivity index (χ4n) is 1.62. The third-order valence-electron chi connectivity index (χ3n) is 2.72. The van der Waals surface area contributed by atoms with E-state index in [9.17, 15) is 4.79 Å². The van der Waals surface area contributed by atoms with E-state index < -0.39 is 11.4 Å². The third-order valence-corrected chi connectivity index (χ3v) is 3.91. The highest BCUT2D eigenvalue weighted by molar-refractivity contribution is 7.99. The van der Waals surface area contributed by atoms with Gasteiger partial charge < -0.3 is 11.5 Å². The molecule has 0 saturated heterocycles. The van der Waals surface area contributed by atoms with E-state index in [0.29, 0.717) is 6.42 Å². The number of primary amides is 1. The summed E-state index contributed by atoms with van der Waals surface area (Å²) in [5, 5.41) is 0. The van der Waals surface area contributed by atoms with Crippen molar-refractivity contribution in [3.05, 3.63) is 35.9 Å². The molecule has 0 saturated carbocycles. The summed E-state index contributed by atoms with van der Waals surface area (Å²) >= 11 is 1.80. The van der Waals surface area contributed by atoms with E-state index in [0.717, 1.165) is 23.5 Å². The van der Waals surface area contributed by atoms with Crippen LogP contribution in [0.3, 0.4) is 0 Å². The van der Waals surface area contributed by atoms with Gasteiger partial charge in [0.1, 0.15) is 5.54 Å². The van der Waals surface area contributed by atoms with E-state index in [1.54, 1.807) is 11.8 Å². The summed E-state index contributed by atoms with van der Waals surface area (Å²) in [7, 11) is 0. The van der Waals surface area contributed by atoms with Crippen LogP contribution in [-0.2, 0) is 10.3 Å². The summed E-state index contributed by atoms with van der Waals surface area (Å²) in [6, 6.07) is 9.36. The zero-order valence-corrected chi connectivity index (χ0v) is 11.0. The Morgan fingerprint density at radius 1 is 1.29 bits per heavy atom. The molecule has 4 N–H and O–H groups in total. The summed E-state index contributed by atoms with van der Waals surface area (Å²) in [6.07, 6.45) is 1.71. The monoisotopic (exact) mass is 252 g/mol. The maximum absolute atomic E-state index is 11.6. The number of thioether (sulfide) groups is 1. The van der Waals surface area contributed by atoms with Crippen molar-refractivity contribution in [1.29, 1.82) is 0 Å². The van der Waals surface area contributed by atoms with Crippen molar-refractivity contribution in [3.8, 4) is 0 Å². The molecule has 3 nitrogen and oxygen atoms in total. The minimum absolute atomic E-state index is 0.458. The Bertz CT molecular complexity index is 356. The number of amides is 1. The Morgan fingerprint density at radius 2 is 1.94 bits per heavy atom. The molecule has 0 aromatic heterocycles. The van der Waals surface area contributed by atoms with Crippen molar-refractivity contribution in [1.82, 2.24) is 0 Å². The smallest absolute Gasteiger partial charge is 0.242 e. The van der Waals surface area contributed by atoms with Crippen molar-refractivity contribution in [2.45, 2.75) is 25.3 Å². The first-order valence-electron chi connectivity index (χ1n) is 5.83. The van der Waals surface area contributed by atoms with Crippen LogP contribution in [0.1, 0.15) is 25.3 Å². The quantitative estimate of drug-likeness (QED) is 0.728. The Morgan fingerprint density at radius 3 is 2.47 bits per heavy atom. The molecule has 1 amide bonds. The van der Waals surface area contributed by atoms with Gasteiger partial charge in [-0.2, -0.15) is 11.8 Å². The third kappa shape index (κ3) is 3.75. The standard InChI is InChI=1S/C13H20N2OS/c1-2-9-17-10-8-13(15,12(14)16)11-6-4-3-5-7-11/h3-7H,2,8-10,15H2,1H3,(H2,14,16). The van der Waals surface area contributed by atoms with Crippen molar-refractivity contribution < 1.29 is 4.79 Å². The van der Waals surface area contributed by atoms with Crippen LogP contribution in [0.15, 0.2) is 30.3 Å². The van der Waals surface area contributed by atoms with Crippen molar-refractivity contribution in [2.24, 2.45) is 11.5 Å². The van der Waals surface area contributed by atoms with Gasteiger partial charge in [-0.3, -0.25) is 4.79 Å². The van der Waals surface area contributed by atoms with Crippen LogP contribution >= 0.6 is 11.8 Å². The predicted octanol–water partition coefficient (Wildman–Crippen LogP) is 1.86. The van der Waals surface area contributed by atoms with Gasteiger partial charge in [-0.25, -0.2) is 0 Å². The predicted molar refractivity (Wildman–Crippen MR) is 73.7 cm³/mol. The minimum atomic E-state index is -1.04. The number of hydrogen-bond acceptors (Lipinski definition) is 3. The SMILES string of the molecule is CCCSCCC(N)(C(N)=O)c1ccccc1. The molecule has 0 bridgehead atoms. The van der Waals surface area contributed by atoms with Crippen molar-refractivity contribution >= 4 is 17.7 Å². The zero-order chi connectivity index (χ0) is 12.7. The van der Waals surface area contributed by atoms with Gasteiger partial charge in [0.2, 0.25) is 5.91 Å². The van der Waals surface area contributed by atoms with Gasteiger partial charge in [0.15, 0.2) is 0 Å². The van der Waals surface area contributed by atoms with Gasteiger partial charge in [-0.15, -0.1) is 0 Å². The molecular formula is C13H20N2OS. The molecule has 1 unspecified atom stereocenters. The number of hydrogen-bond donors (Lipinski definition) is 2. The summed E-state index contributed by atoms with van der Waals surface area (Å²) in [6.45, 7) is 2.13. The van der Waals surface area contributed by atoms with Crippen molar-refractivity contribution in [2.75, 3.05) is 11.5 Å².